The first-order valence-electron chi connectivity index (χ1n) is 11.3. The molecule has 164 valence electrons. The third kappa shape index (κ3) is 4.42. The quantitative estimate of drug-likeness (QED) is 0.429. The maximum Gasteiger partial charge on any atom is 0.302 e. The highest BCUT2D eigenvalue weighted by molar-refractivity contribution is 8.17. The van der Waals surface area contributed by atoms with E-state index in [9.17, 15) is 4.79 Å². The number of para-hydroxylation sites is 1. The number of H-pyrrole nitrogens is 1. The van der Waals surface area contributed by atoms with Gasteiger partial charge in [-0.2, -0.15) is 0 Å². The molecule has 0 saturated carbocycles. The molecule has 6 heteroatoms. The van der Waals surface area contributed by atoms with Gasteiger partial charge in [0.15, 0.2) is 0 Å². The van der Waals surface area contributed by atoms with Crippen molar-refractivity contribution in [3.05, 3.63) is 35.5 Å². The highest BCUT2D eigenvalue weighted by Crippen LogP contribution is 2.48. The van der Waals surface area contributed by atoms with Crippen LogP contribution >= 0.6 is 23.5 Å². The Hall–Kier alpha value is -1.11. The number of ether oxygens (including phenoxy) is 1. The van der Waals surface area contributed by atoms with Gasteiger partial charge in [0.2, 0.25) is 0 Å². The summed E-state index contributed by atoms with van der Waals surface area (Å²) in [5, 5.41) is 1.38. The van der Waals surface area contributed by atoms with Gasteiger partial charge in [0.1, 0.15) is 6.10 Å². The number of hydrogen-bond acceptors (Lipinski definition) is 5. The molecule has 1 aliphatic carbocycles. The van der Waals surface area contributed by atoms with Crippen LogP contribution in [0, 0.1) is 11.8 Å². The number of benzene rings is 1. The highest BCUT2D eigenvalue weighted by Gasteiger charge is 2.45. The topological polar surface area (TPSA) is 45.3 Å². The molecule has 4 nitrogen and oxygen atoms in total. The van der Waals surface area contributed by atoms with Crippen molar-refractivity contribution in [3.8, 4) is 0 Å². The van der Waals surface area contributed by atoms with Crippen LogP contribution in [0.2, 0.25) is 0 Å². The lowest BCUT2D eigenvalue weighted by molar-refractivity contribution is -0.151. The molecule has 1 fully saturated rings. The van der Waals surface area contributed by atoms with Gasteiger partial charge in [-0.05, 0) is 48.8 Å². The van der Waals surface area contributed by atoms with Crippen molar-refractivity contribution in [2.45, 2.75) is 57.3 Å². The van der Waals surface area contributed by atoms with E-state index in [1.165, 1.54) is 29.1 Å². The van der Waals surface area contributed by atoms with Crippen molar-refractivity contribution < 1.29 is 9.53 Å². The number of nitrogens with zero attached hydrogens (tertiary/aromatic N) is 1. The van der Waals surface area contributed by atoms with Crippen LogP contribution in [0.3, 0.4) is 0 Å². The summed E-state index contributed by atoms with van der Waals surface area (Å²) in [6.07, 6.45) is 2.17. The van der Waals surface area contributed by atoms with Gasteiger partial charge in [-0.25, -0.2) is 0 Å². The first-order valence-corrected chi connectivity index (χ1v) is 13.3. The first-order chi connectivity index (χ1) is 14.5. The van der Waals surface area contributed by atoms with Gasteiger partial charge in [-0.15, -0.1) is 23.5 Å². The number of thioether (sulfide) groups is 2. The van der Waals surface area contributed by atoms with E-state index in [0.29, 0.717) is 22.5 Å². The van der Waals surface area contributed by atoms with Crippen LogP contribution in [0.4, 0.5) is 0 Å². The zero-order valence-corrected chi connectivity index (χ0v) is 20.2. The molecule has 1 saturated heterocycles. The van der Waals surface area contributed by atoms with E-state index in [0.717, 1.165) is 37.4 Å². The van der Waals surface area contributed by atoms with Crippen molar-refractivity contribution in [2.75, 3.05) is 24.6 Å². The molecule has 0 radical (unpaired) electrons. The van der Waals surface area contributed by atoms with Crippen molar-refractivity contribution in [3.63, 3.8) is 0 Å². The largest absolute Gasteiger partial charge is 0.463 e. The standard InChI is InChI=1S/C24H34N2O2S2/c1-5-29-23(30-6-2)14-26-13-19(15(3)28-16(4)27)17-11-21-24(22(26)12-17)18-9-7-8-10-20(18)25-21/h7-10,15,17,19,22-23,25H,5-6,11-14H2,1-4H3/t15-,17+,19+,22+/m0/s1. The lowest BCUT2D eigenvalue weighted by Crippen LogP contribution is -2.51. The average Bonchev–Trinajstić information content (AvgIpc) is 3.08. The summed E-state index contributed by atoms with van der Waals surface area (Å²) < 4.78 is 6.27. The number of piperidine rings is 1. The fraction of sp³-hybridized carbons (Fsp3) is 0.625. The molecule has 0 spiro atoms. The molecular formula is C24H34N2O2S2. The fourth-order valence-electron chi connectivity index (χ4n) is 5.52. The summed E-state index contributed by atoms with van der Waals surface area (Å²) in [5.41, 5.74) is 4.16. The number of carbonyl (C=O) groups excluding carboxylic acids is 1. The Kier molecular flexibility index (Phi) is 7.05. The van der Waals surface area contributed by atoms with Crippen LogP contribution in [0.15, 0.2) is 24.3 Å². The minimum atomic E-state index is -0.167. The molecule has 1 aliphatic heterocycles. The zero-order valence-electron chi connectivity index (χ0n) is 18.5. The third-order valence-corrected chi connectivity index (χ3v) is 9.21. The van der Waals surface area contributed by atoms with Crippen molar-refractivity contribution in [1.29, 1.82) is 0 Å². The molecule has 4 atom stereocenters. The molecule has 1 aromatic heterocycles. The number of nitrogens with one attached hydrogen (secondary N) is 1. The highest BCUT2D eigenvalue weighted by atomic mass is 32.2. The second-order valence-electron chi connectivity index (χ2n) is 8.55. The predicted molar refractivity (Wildman–Crippen MR) is 129 cm³/mol. The number of hydrogen-bond donors (Lipinski definition) is 1. The molecule has 1 N–H and O–H groups in total. The molecule has 2 heterocycles. The van der Waals surface area contributed by atoms with E-state index >= 15 is 0 Å². The van der Waals surface area contributed by atoms with Crippen LogP contribution in [-0.2, 0) is 16.0 Å². The minimum absolute atomic E-state index is 0.0435. The molecular weight excluding hydrogens is 412 g/mol. The van der Waals surface area contributed by atoms with Crippen molar-refractivity contribution >= 4 is 40.4 Å². The van der Waals surface area contributed by atoms with Crippen LogP contribution in [0.5, 0.6) is 0 Å². The number of aromatic amines is 1. The second kappa shape index (κ2) is 9.58. The Morgan fingerprint density at radius 2 is 2.00 bits per heavy atom. The number of aromatic nitrogens is 1. The Morgan fingerprint density at radius 1 is 1.27 bits per heavy atom. The van der Waals surface area contributed by atoms with Gasteiger partial charge >= 0.3 is 5.97 Å². The van der Waals surface area contributed by atoms with Crippen molar-refractivity contribution in [1.82, 2.24) is 9.88 Å². The van der Waals surface area contributed by atoms with E-state index in [4.69, 9.17) is 4.74 Å². The molecule has 30 heavy (non-hydrogen) atoms. The molecule has 2 aliphatic rings. The molecule has 0 amide bonds. The summed E-state index contributed by atoms with van der Waals surface area (Å²) in [6, 6.07) is 9.20. The van der Waals surface area contributed by atoms with E-state index in [1.807, 2.05) is 0 Å². The Bertz CT molecular complexity index is 877. The average molecular weight is 447 g/mol. The molecule has 4 rings (SSSR count). The number of likely N-dealkylation sites (tertiary alicyclic amines) is 1. The first kappa shape index (κ1) is 22.1. The molecule has 2 bridgehead atoms. The maximum atomic E-state index is 11.7. The lowest BCUT2D eigenvalue weighted by Gasteiger charge is -2.49. The SMILES string of the molecule is CCSC(CN1C[C@H]([C@H](C)OC(C)=O)[C@@H]2Cc3[nH]c4ccccc4c3[C@H]1C2)SCC. The van der Waals surface area contributed by atoms with E-state index < -0.39 is 0 Å². The van der Waals surface area contributed by atoms with Crippen LogP contribution < -0.4 is 0 Å². The normalized spacial score (nSPS) is 24.8. The molecule has 2 aromatic rings. The minimum Gasteiger partial charge on any atom is -0.463 e. The lowest BCUT2D eigenvalue weighted by atomic mass is 9.70. The van der Waals surface area contributed by atoms with Gasteiger partial charge in [0.05, 0.1) is 4.58 Å². The Balaban J connectivity index is 1.69. The second-order valence-corrected chi connectivity index (χ2v) is 11.8. The van der Waals surface area contributed by atoms with Gasteiger partial charge in [-0.3, -0.25) is 9.69 Å². The van der Waals surface area contributed by atoms with Gasteiger partial charge in [0.25, 0.3) is 0 Å². The van der Waals surface area contributed by atoms with E-state index in [1.54, 1.807) is 0 Å². The predicted octanol–water partition coefficient (Wildman–Crippen LogP) is 5.49. The van der Waals surface area contributed by atoms with Crippen molar-refractivity contribution in [2.24, 2.45) is 11.8 Å². The number of fused-ring (bicyclic) bond motifs is 6. The van der Waals surface area contributed by atoms with E-state index in [-0.39, 0.29) is 12.1 Å². The Labute approximate surface area is 188 Å². The van der Waals surface area contributed by atoms with E-state index in [2.05, 4.69) is 78.4 Å². The third-order valence-electron chi connectivity index (χ3n) is 6.69. The van der Waals surface area contributed by atoms with Gasteiger partial charge < -0.3 is 9.72 Å². The zero-order chi connectivity index (χ0) is 21.3. The molecule has 0 unspecified atom stereocenters. The Morgan fingerprint density at radius 3 is 2.70 bits per heavy atom. The maximum absolute atomic E-state index is 11.7. The van der Waals surface area contributed by atoms with Crippen LogP contribution in [0.25, 0.3) is 10.9 Å². The van der Waals surface area contributed by atoms with Crippen LogP contribution in [-0.4, -0.2) is 51.1 Å². The number of esters is 1. The number of rotatable bonds is 8. The summed E-state index contributed by atoms with van der Waals surface area (Å²) in [6.45, 7) is 10.2. The summed E-state index contributed by atoms with van der Waals surface area (Å²) >= 11 is 4.12. The van der Waals surface area contributed by atoms with Gasteiger partial charge in [-0.1, -0.05) is 32.0 Å². The molecule has 1 aromatic carbocycles. The smallest absolute Gasteiger partial charge is 0.302 e. The summed E-state index contributed by atoms with van der Waals surface area (Å²) in [5.74, 6) is 3.05. The monoisotopic (exact) mass is 446 g/mol. The fourth-order valence-corrected chi connectivity index (χ4v) is 8.05. The summed E-state index contributed by atoms with van der Waals surface area (Å²) in [4.78, 5) is 18.1. The number of carbonyl (C=O) groups is 1. The van der Waals surface area contributed by atoms with Crippen LogP contribution in [0.1, 0.15) is 51.4 Å². The summed E-state index contributed by atoms with van der Waals surface area (Å²) in [7, 11) is 0. The van der Waals surface area contributed by atoms with Gasteiger partial charge in [0, 0.05) is 48.6 Å².